The summed E-state index contributed by atoms with van der Waals surface area (Å²) in [6.45, 7) is 0.539. The second-order valence-electron chi connectivity index (χ2n) is 6.41. The highest BCUT2D eigenvalue weighted by Crippen LogP contribution is 2.39. The summed E-state index contributed by atoms with van der Waals surface area (Å²) in [6.07, 6.45) is 3.64. The van der Waals surface area contributed by atoms with Crippen LogP contribution in [0.3, 0.4) is 0 Å². The lowest BCUT2D eigenvalue weighted by Gasteiger charge is -2.36. The van der Waals surface area contributed by atoms with E-state index in [0.29, 0.717) is 17.1 Å². The number of nitrogens with one attached hydrogen (secondary N) is 2. The second kappa shape index (κ2) is 5.82. The second-order valence-corrected chi connectivity index (χ2v) is 6.41. The van der Waals surface area contributed by atoms with Gasteiger partial charge in [0.15, 0.2) is 5.65 Å². The molecule has 2 amide bonds. The van der Waals surface area contributed by atoms with Gasteiger partial charge in [-0.1, -0.05) is 0 Å². The van der Waals surface area contributed by atoms with Gasteiger partial charge in [0.1, 0.15) is 5.52 Å². The molecule has 1 atom stereocenters. The summed E-state index contributed by atoms with van der Waals surface area (Å²) < 4.78 is 0. The van der Waals surface area contributed by atoms with Gasteiger partial charge < -0.3 is 20.3 Å². The zero-order valence-electron chi connectivity index (χ0n) is 13.3. The summed E-state index contributed by atoms with van der Waals surface area (Å²) in [5, 5.41) is 21.0. The highest BCUT2D eigenvalue weighted by atomic mass is 16.3. The van der Waals surface area contributed by atoms with Crippen molar-refractivity contribution in [3.8, 4) is 6.07 Å². The SMILES string of the molecule is N#CC1CN(C(=O)[C@@H](O)NC(=O)c2c[nH]c3ncc(C4CC4)nc23)C1. The fourth-order valence-corrected chi connectivity index (χ4v) is 2.83. The first-order chi connectivity index (χ1) is 12.1. The van der Waals surface area contributed by atoms with Gasteiger partial charge in [-0.3, -0.25) is 9.59 Å². The lowest BCUT2D eigenvalue weighted by molar-refractivity contribution is -0.146. The number of nitrogens with zero attached hydrogens (tertiary/aromatic N) is 4. The van der Waals surface area contributed by atoms with Crippen molar-refractivity contribution < 1.29 is 14.7 Å². The van der Waals surface area contributed by atoms with E-state index in [4.69, 9.17) is 5.26 Å². The number of carbonyl (C=O) groups is 2. The Labute approximate surface area is 142 Å². The molecule has 1 aliphatic heterocycles. The van der Waals surface area contributed by atoms with Gasteiger partial charge in [-0.05, 0) is 12.8 Å². The van der Waals surface area contributed by atoms with E-state index in [1.54, 1.807) is 6.20 Å². The van der Waals surface area contributed by atoms with E-state index in [1.165, 1.54) is 11.1 Å². The van der Waals surface area contributed by atoms with Crippen LogP contribution in [-0.4, -0.2) is 56.1 Å². The topological polar surface area (TPSA) is 135 Å². The monoisotopic (exact) mass is 340 g/mol. The van der Waals surface area contributed by atoms with Gasteiger partial charge >= 0.3 is 0 Å². The summed E-state index contributed by atoms with van der Waals surface area (Å²) in [5.74, 6) is -1.04. The van der Waals surface area contributed by atoms with Crippen LogP contribution in [-0.2, 0) is 4.79 Å². The molecule has 1 saturated carbocycles. The Morgan fingerprint density at radius 3 is 2.88 bits per heavy atom. The summed E-state index contributed by atoms with van der Waals surface area (Å²) in [6, 6.07) is 2.05. The summed E-state index contributed by atoms with van der Waals surface area (Å²) >= 11 is 0. The Balaban J connectivity index is 1.47. The van der Waals surface area contributed by atoms with Crippen molar-refractivity contribution in [2.75, 3.05) is 13.1 Å². The number of aliphatic hydroxyl groups excluding tert-OH is 1. The number of carbonyl (C=O) groups excluding carboxylic acids is 2. The first-order valence-electron chi connectivity index (χ1n) is 8.08. The summed E-state index contributed by atoms with van der Waals surface area (Å²) in [4.78, 5) is 37.4. The number of aliphatic hydroxyl groups is 1. The number of hydrogen-bond acceptors (Lipinski definition) is 6. The van der Waals surface area contributed by atoms with Gasteiger partial charge in [0.25, 0.3) is 11.8 Å². The van der Waals surface area contributed by atoms with E-state index in [1.807, 2.05) is 6.07 Å². The number of likely N-dealkylation sites (tertiary alicyclic amines) is 1. The van der Waals surface area contributed by atoms with Gasteiger partial charge in [0.05, 0.1) is 29.4 Å². The van der Waals surface area contributed by atoms with Crippen LogP contribution in [0.5, 0.6) is 0 Å². The van der Waals surface area contributed by atoms with Crippen molar-refractivity contribution >= 4 is 23.0 Å². The number of hydrogen-bond donors (Lipinski definition) is 3. The van der Waals surface area contributed by atoms with Gasteiger partial charge in [0.2, 0.25) is 6.23 Å². The van der Waals surface area contributed by atoms with Crippen molar-refractivity contribution in [1.82, 2.24) is 25.2 Å². The van der Waals surface area contributed by atoms with Gasteiger partial charge in [-0.2, -0.15) is 5.26 Å². The number of rotatable bonds is 4. The van der Waals surface area contributed by atoms with E-state index < -0.39 is 18.0 Å². The van der Waals surface area contributed by atoms with Gasteiger partial charge in [-0.25, -0.2) is 9.97 Å². The molecule has 3 heterocycles. The van der Waals surface area contributed by atoms with E-state index in [2.05, 4.69) is 20.3 Å². The maximum absolute atomic E-state index is 12.4. The van der Waals surface area contributed by atoms with Crippen LogP contribution in [0.2, 0.25) is 0 Å². The molecule has 0 aromatic carbocycles. The van der Waals surface area contributed by atoms with E-state index in [9.17, 15) is 14.7 Å². The van der Waals surface area contributed by atoms with Crippen LogP contribution in [0.15, 0.2) is 12.4 Å². The van der Waals surface area contributed by atoms with Crippen molar-refractivity contribution in [1.29, 1.82) is 5.26 Å². The maximum Gasteiger partial charge on any atom is 0.272 e. The molecule has 2 aromatic rings. The highest BCUT2D eigenvalue weighted by Gasteiger charge is 2.35. The molecule has 2 aromatic heterocycles. The largest absolute Gasteiger partial charge is 0.365 e. The van der Waals surface area contributed by atoms with Crippen LogP contribution >= 0.6 is 0 Å². The van der Waals surface area contributed by atoms with Gasteiger partial charge in [-0.15, -0.1) is 0 Å². The van der Waals surface area contributed by atoms with E-state index >= 15 is 0 Å². The minimum atomic E-state index is -1.66. The van der Waals surface area contributed by atoms with Crippen LogP contribution in [0, 0.1) is 17.2 Å². The Bertz CT molecular complexity index is 891. The Morgan fingerprint density at radius 2 is 2.20 bits per heavy atom. The predicted octanol–water partition coefficient (Wildman–Crippen LogP) is -0.135. The van der Waals surface area contributed by atoms with Crippen molar-refractivity contribution in [3.05, 3.63) is 23.7 Å². The third kappa shape index (κ3) is 2.81. The van der Waals surface area contributed by atoms with Crippen molar-refractivity contribution in [2.24, 2.45) is 5.92 Å². The quantitative estimate of drug-likeness (QED) is 0.663. The van der Waals surface area contributed by atoms with Crippen LogP contribution in [0.4, 0.5) is 0 Å². The number of amides is 2. The number of fused-ring (bicyclic) bond motifs is 1. The molecule has 3 N–H and O–H groups in total. The first-order valence-corrected chi connectivity index (χ1v) is 8.08. The Kier molecular flexibility index (Phi) is 3.62. The smallest absolute Gasteiger partial charge is 0.272 e. The number of aromatic amines is 1. The molecule has 0 unspecified atom stereocenters. The highest BCUT2D eigenvalue weighted by molar-refractivity contribution is 6.05. The summed E-state index contributed by atoms with van der Waals surface area (Å²) in [5.41, 5.74) is 1.99. The predicted molar refractivity (Wildman–Crippen MR) is 85.0 cm³/mol. The molecule has 2 aliphatic rings. The summed E-state index contributed by atoms with van der Waals surface area (Å²) in [7, 11) is 0. The number of H-pyrrole nitrogens is 1. The van der Waals surface area contributed by atoms with Crippen LogP contribution in [0.1, 0.15) is 34.8 Å². The van der Waals surface area contributed by atoms with Crippen molar-refractivity contribution in [2.45, 2.75) is 25.0 Å². The molecule has 128 valence electrons. The molecule has 2 fully saturated rings. The molecule has 1 saturated heterocycles. The molecule has 9 heteroatoms. The average Bonchev–Trinajstić information content (AvgIpc) is 3.32. The molecule has 25 heavy (non-hydrogen) atoms. The maximum atomic E-state index is 12.4. The lowest BCUT2D eigenvalue weighted by atomic mass is 10.0. The molecule has 0 bridgehead atoms. The van der Waals surface area contributed by atoms with Crippen molar-refractivity contribution in [3.63, 3.8) is 0 Å². The molecule has 1 aliphatic carbocycles. The molecular formula is C16H16N6O3. The number of nitriles is 1. The van der Waals surface area contributed by atoms with Crippen LogP contribution in [0.25, 0.3) is 11.2 Å². The molecule has 4 rings (SSSR count). The molecule has 0 spiro atoms. The normalized spacial score (nSPS) is 18.5. The third-order valence-electron chi connectivity index (χ3n) is 4.52. The molecular weight excluding hydrogens is 324 g/mol. The zero-order valence-corrected chi connectivity index (χ0v) is 13.3. The minimum absolute atomic E-state index is 0.211. The molecule has 9 nitrogen and oxygen atoms in total. The Hall–Kier alpha value is -2.99. The van der Waals surface area contributed by atoms with Gasteiger partial charge in [0, 0.05) is 25.2 Å². The minimum Gasteiger partial charge on any atom is -0.365 e. The fourth-order valence-electron chi connectivity index (χ4n) is 2.83. The zero-order chi connectivity index (χ0) is 17.6. The number of aromatic nitrogens is 3. The van der Waals surface area contributed by atoms with Crippen LogP contribution < -0.4 is 5.32 Å². The first kappa shape index (κ1) is 15.5. The standard InChI is InChI=1S/C16H16N6O3/c17-3-8-6-22(7-8)16(25)15(24)21-14(23)10-4-18-13-12(10)20-11(5-19-13)9-1-2-9/h4-5,8-9,15,24H,1-2,6-7H2,(H,18,19)(H,21,23)/t15-/m1/s1. The van der Waals surface area contributed by atoms with E-state index in [0.717, 1.165) is 18.5 Å². The lowest BCUT2D eigenvalue weighted by Crippen LogP contribution is -2.56. The Morgan fingerprint density at radius 1 is 1.44 bits per heavy atom. The average molecular weight is 340 g/mol. The third-order valence-corrected chi connectivity index (χ3v) is 4.52. The van der Waals surface area contributed by atoms with E-state index in [-0.39, 0.29) is 24.6 Å². The fraction of sp³-hybridized carbons (Fsp3) is 0.438. The molecule has 0 radical (unpaired) electrons.